The summed E-state index contributed by atoms with van der Waals surface area (Å²) in [6.45, 7) is 1.66. The molecule has 1 N–H and O–H groups in total. The van der Waals surface area contributed by atoms with Crippen LogP contribution in [0, 0.1) is 5.82 Å². The van der Waals surface area contributed by atoms with Gasteiger partial charge in [0.1, 0.15) is 11.6 Å². The first kappa shape index (κ1) is 18.9. The first-order chi connectivity index (χ1) is 13.0. The number of hydrogen-bond donors (Lipinski definition) is 1. The summed E-state index contributed by atoms with van der Waals surface area (Å²) in [6, 6.07) is 11.5. The highest BCUT2D eigenvalue weighted by atomic mass is 19.1. The molecule has 1 amide bonds. The number of carbonyl (C=O) groups is 2. The lowest BCUT2D eigenvalue weighted by molar-refractivity contribution is -0.141. The van der Waals surface area contributed by atoms with E-state index < -0.39 is 23.8 Å². The Balaban J connectivity index is 1.76. The van der Waals surface area contributed by atoms with Crippen molar-refractivity contribution in [1.82, 2.24) is 5.32 Å². The van der Waals surface area contributed by atoms with E-state index in [1.54, 1.807) is 43.3 Å². The Morgan fingerprint density at radius 1 is 1.19 bits per heavy atom. The molecule has 1 fully saturated rings. The van der Waals surface area contributed by atoms with Crippen LogP contribution >= 0.6 is 0 Å². The van der Waals surface area contributed by atoms with Gasteiger partial charge >= 0.3 is 12.1 Å². The van der Waals surface area contributed by atoms with Gasteiger partial charge < -0.3 is 14.8 Å². The highest BCUT2D eigenvalue weighted by Crippen LogP contribution is 2.29. The van der Waals surface area contributed by atoms with E-state index in [1.807, 2.05) is 0 Å². The fourth-order valence-corrected chi connectivity index (χ4v) is 2.93. The second-order valence-electron chi connectivity index (χ2n) is 6.67. The lowest BCUT2D eigenvalue weighted by atomic mass is 9.93. The molecule has 0 bridgehead atoms. The van der Waals surface area contributed by atoms with Gasteiger partial charge in [-0.15, -0.1) is 0 Å². The van der Waals surface area contributed by atoms with E-state index in [0.717, 1.165) is 19.3 Å². The van der Waals surface area contributed by atoms with Crippen molar-refractivity contribution in [1.29, 1.82) is 0 Å². The van der Waals surface area contributed by atoms with E-state index in [-0.39, 0.29) is 6.04 Å². The second-order valence-corrected chi connectivity index (χ2v) is 6.67. The number of carbonyl (C=O) groups excluding carboxylic acids is 2. The lowest BCUT2D eigenvalue weighted by Gasteiger charge is -2.25. The Morgan fingerprint density at radius 3 is 2.59 bits per heavy atom. The number of benzene rings is 2. The molecule has 0 spiro atoms. The number of halogens is 1. The molecule has 6 heteroatoms. The molecule has 27 heavy (non-hydrogen) atoms. The second kappa shape index (κ2) is 8.20. The standard InChI is InChI=1S/C21H22FNO4/c1-13(20(24)26-2)14-9-10-18(19(22)12-14)15-5-3-8-17(11-15)27-21(25)23-16-6-4-7-16/h3,5,8-13,16H,4,6-7H2,1-2H3,(H,23,25). The van der Waals surface area contributed by atoms with Crippen LogP contribution in [0.4, 0.5) is 9.18 Å². The zero-order valence-electron chi connectivity index (χ0n) is 15.3. The van der Waals surface area contributed by atoms with E-state index in [1.165, 1.54) is 13.2 Å². The van der Waals surface area contributed by atoms with Gasteiger partial charge in [0, 0.05) is 11.6 Å². The van der Waals surface area contributed by atoms with Crippen molar-refractivity contribution >= 4 is 12.1 Å². The van der Waals surface area contributed by atoms with Crippen LogP contribution in [0.15, 0.2) is 42.5 Å². The summed E-state index contributed by atoms with van der Waals surface area (Å²) in [5.41, 5.74) is 1.48. The Kier molecular flexibility index (Phi) is 5.74. The summed E-state index contributed by atoms with van der Waals surface area (Å²) in [5, 5.41) is 2.79. The maximum atomic E-state index is 14.6. The van der Waals surface area contributed by atoms with Gasteiger partial charge in [-0.1, -0.05) is 24.3 Å². The van der Waals surface area contributed by atoms with Crippen LogP contribution in [-0.4, -0.2) is 25.2 Å². The maximum Gasteiger partial charge on any atom is 0.412 e. The van der Waals surface area contributed by atoms with Crippen LogP contribution in [-0.2, 0) is 9.53 Å². The average molecular weight is 371 g/mol. The summed E-state index contributed by atoms with van der Waals surface area (Å²) in [6.07, 6.45) is 2.55. The van der Waals surface area contributed by atoms with Crippen LogP contribution in [0.3, 0.4) is 0 Å². The third-order valence-electron chi connectivity index (χ3n) is 4.83. The van der Waals surface area contributed by atoms with Crippen molar-refractivity contribution in [3.8, 4) is 16.9 Å². The normalized spacial score (nSPS) is 14.8. The van der Waals surface area contributed by atoms with Gasteiger partial charge in [0.05, 0.1) is 13.0 Å². The molecule has 2 aromatic carbocycles. The van der Waals surface area contributed by atoms with E-state index in [9.17, 15) is 14.0 Å². The highest BCUT2D eigenvalue weighted by Gasteiger charge is 2.21. The van der Waals surface area contributed by atoms with Crippen LogP contribution in [0.25, 0.3) is 11.1 Å². The zero-order valence-corrected chi connectivity index (χ0v) is 15.3. The van der Waals surface area contributed by atoms with E-state index >= 15 is 0 Å². The molecule has 142 valence electrons. The summed E-state index contributed by atoms with van der Waals surface area (Å²) >= 11 is 0. The summed E-state index contributed by atoms with van der Waals surface area (Å²) in [4.78, 5) is 23.5. The monoisotopic (exact) mass is 371 g/mol. The molecule has 3 rings (SSSR count). The van der Waals surface area contributed by atoms with Crippen molar-refractivity contribution in [3.63, 3.8) is 0 Å². The largest absolute Gasteiger partial charge is 0.469 e. The Hall–Kier alpha value is -2.89. The molecular formula is C21H22FNO4. The van der Waals surface area contributed by atoms with Gasteiger partial charge in [0.25, 0.3) is 0 Å². The van der Waals surface area contributed by atoms with Crippen LogP contribution < -0.4 is 10.1 Å². The van der Waals surface area contributed by atoms with Crippen LogP contribution in [0.5, 0.6) is 5.75 Å². The van der Waals surface area contributed by atoms with E-state index in [4.69, 9.17) is 9.47 Å². The van der Waals surface area contributed by atoms with Crippen molar-refractivity contribution in [2.45, 2.75) is 38.1 Å². The molecule has 2 aromatic rings. The predicted octanol–water partition coefficient (Wildman–Crippen LogP) is 4.41. The molecular weight excluding hydrogens is 349 g/mol. The van der Waals surface area contributed by atoms with Gasteiger partial charge in [-0.3, -0.25) is 4.79 Å². The number of amides is 1. The molecule has 0 radical (unpaired) electrons. The minimum absolute atomic E-state index is 0.183. The Bertz CT molecular complexity index is 848. The fourth-order valence-electron chi connectivity index (χ4n) is 2.93. The number of rotatable bonds is 5. The molecule has 1 aliphatic rings. The molecule has 1 unspecified atom stereocenters. The number of ether oxygens (including phenoxy) is 2. The smallest absolute Gasteiger partial charge is 0.412 e. The minimum atomic E-state index is -0.552. The maximum absolute atomic E-state index is 14.6. The third-order valence-corrected chi connectivity index (χ3v) is 4.83. The summed E-state index contributed by atoms with van der Waals surface area (Å²) < 4.78 is 24.6. The average Bonchev–Trinajstić information content (AvgIpc) is 2.63. The lowest BCUT2D eigenvalue weighted by Crippen LogP contribution is -2.41. The third kappa shape index (κ3) is 4.45. The molecule has 0 aromatic heterocycles. The SMILES string of the molecule is COC(=O)C(C)c1ccc(-c2cccc(OC(=O)NC3CCC3)c2)c(F)c1. The topological polar surface area (TPSA) is 64.6 Å². The summed E-state index contributed by atoms with van der Waals surface area (Å²) in [7, 11) is 1.30. The minimum Gasteiger partial charge on any atom is -0.469 e. The number of hydrogen-bond acceptors (Lipinski definition) is 4. The Morgan fingerprint density at radius 2 is 1.96 bits per heavy atom. The van der Waals surface area contributed by atoms with Gasteiger partial charge in [0.15, 0.2) is 0 Å². The van der Waals surface area contributed by atoms with Crippen molar-refractivity contribution in [2.75, 3.05) is 7.11 Å². The Labute approximate surface area is 157 Å². The summed E-state index contributed by atoms with van der Waals surface area (Å²) in [5.74, 6) is -1.09. The fraction of sp³-hybridized carbons (Fsp3) is 0.333. The number of esters is 1. The molecule has 0 saturated heterocycles. The predicted molar refractivity (Wildman–Crippen MR) is 99.1 cm³/mol. The number of nitrogens with one attached hydrogen (secondary N) is 1. The van der Waals surface area contributed by atoms with Gasteiger partial charge in [-0.05, 0) is 55.5 Å². The van der Waals surface area contributed by atoms with Gasteiger partial charge in [-0.25, -0.2) is 9.18 Å². The first-order valence-corrected chi connectivity index (χ1v) is 8.94. The quantitative estimate of drug-likeness (QED) is 0.791. The molecule has 1 saturated carbocycles. The highest BCUT2D eigenvalue weighted by molar-refractivity contribution is 5.78. The molecule has 1 aliphatic carbocycles. The molecule has 0 aliphatic heterocycles. The zero-order chi connectivity index (χ0) is 19.4. The molecule has 1 atom stereocenters. The first-order valence-electron chi connectivity index (χ1n) is 8.94. The van der Waals surface area contributed by atoms with E-state index in [0.29, 0.717) is 22.4 Å². The number of methoxy groups -OCH3 is 1. The van der Waals surface area contributed by atoms with Gasteiger partial charge in [-0.2, -0.15) is 0 Å². The molecule has 5 nitrogen and oxygen atoms in total. The van der Waals surface area contributed by atoms with Crippen molar-refractivity contribution in [2.24, 2.45) is 0 Å². The van der Waals surface area contributed by atoms with Crippen molar-refractivity contribution < 1.29 is 23.5 Å². The molecule has 0 heterocycles. The van der Waals surface area contributed by atoms with E-state index in [2.05, 4.69) is 5.32 Å². The van der Waals surface area contributed by atoms with Crippen molar-refractivity contribution in [3.05, 3.63) is 53.8 Å². The van der Waals surface area contributed by atoms with Crippen LogP contribution in [0.2, 0.25) is 0 Å². The van der Waals surface area contributed by atoms with Gasteiger partial charge in [0.2, 0.25) is 0 Å². The van der Waals surface area contributed by atoms with Crippen LogP contribution in [0.1, 0.15) is 37.7 Å².